The van der Waals surface area contributed by atoms with Gasteiger partial charge in [-0.3, -0.25) is 9.59 Å². The van der Waals surface area contributed by atoms with Gasteiger partial charge >= 0.3 is 0 Å². The molecule has 1 heterocycles. The van der Waals surface area contributed by atoms with E-state index in [0.717, 1.165) is 10.4 Å². The van der Waals surface area contributed by atoms with Gasteiger partial charge in [-0.05, 0) is 17.5 Å². The number of carbonyl (C=O) groups excluding carboxylic acids is 2. The highest BCUT2D eigenvalue weighted by molar-refractivity contribution is 7.13. The molecule has 2 aromatic rings. The third-order valence-corrected chi connectivity index (χ3v) is 3.52. The maximum Gasteiger partial charge on any atom is 0.255 e. The van der Waals surface area contributed by atoms with Gasteiger partial charge in [0.2, 0.25) is 0 Å². The van der Waals surface area contributed by atoms with Gasteiger partial charge in [0.15, 0.2) is 12.9 Å². The van der Waals surface area contributed by atoms with Gasteiger partial charge in [-0.15, -0.1) is 11.3 Å². The van der Waals surface area contributed by atoms with Crippen molar-refractivity contribution in [1.82, 2.24) is 0 Å². The number of nitrogens with two attached hydrogens (primary N) is 1. The monoisotopic (exact) mass is 291 g/mol. The van der Waals surface area contributed by atoms with Crippen molar-refractivity contribution in [1.29, 1.82) is 0 Å². The molecule has 0 aliphatic carbocycles. The lowest BCUT2D eigenvalue weighted by molar-refractivity contribution is -0.119. The lowest BCUT2D eigenvalue weighted by Crippen LogP contribution is -2.20. The summed E-state index contributed by atoms with van der Waals surface area (Å²) in [6.07, 6.45) is 0.673. The van der Waals surface area contributed by atoms with E-state index >= 15 is 0 Å². The zero-order valence-electron chi connectivity index (χ0n) is 10.8. The van der Waals surface area contributed by atoms with Crippen LogP contribution in [0.25, 0.3) is 10.4 Å². The van der Waals surface area contributed by atoms with Crippen LogP contribution in [0.4, 0.5) is 0 Å². The minimum Gasteiger partial charge on any atom is -0.496 e. The topological polar surface area (TPSA) is 78.6 Å². The van der Waals surface area contributed by atoms with E-state index in [1.54, 1.807) is 12.1 Å². The van der Waals surface area contributed by atoms with Gasteiger partial charge in [-0.2, -0.15) is 0 Å². The summed E-state index contributed by atoms with van der Waals surface area (Å²) in [6, 6.07) is 7.11. The Labute approximate surface area is 119 Å². The number of methoxy groups -OCH3 is 1. The molecule has 0 unspecified atom stereocenters. The molecule has 0 radical (unpaired) electrons. The highest BCUT2D eigenvalue weighted by atomic mass is 32.1. The molecular weight excluding hydrogens is 278 g/mol. The summed E-state index contributed by atoms with van der Waals surface area (Å²) in [5, 5.41) is 1.94. The normalized spacial score (nSPS) is 10.1. The number of carbonyl (C=O) groups is 2. The second-order valence-corrected chi connectivity index (χ2v) is 4.89. The van der Waals surface area contributed by atoms with Gasteiger partial charge in [0.25, 0.3) is 5.91 Å². The fourth-order valence-electron chi connectivity index (χ4n) is 1.74. The largest absolute Gasteiger partial charge is 0.496 e. The molecule has 104 valence electrons. The van der Waals surface area contributed by atoms with Crippen LogP contribution < -0.4 is 15.2 Å². The van der Waals surface area contributed by atoms with Crippen molar-refractivity contribution in [2.24, 2.45) is 5.73 Å². The molecule has 0 aliphatic heterocycles. The molecule has 0 aliphatic rings. The summed E-state index contributed by atoms with van der Waals surface area (Å²) in [5.41, 5.74) is 6.17. The number of benzene rings is 1. The van der Waals surface area contributed by atoms with E-state index in [0.29, 0.717) is 17.6 Å². The van der Waals surface area contributed by atoms with E-state index in [1.165, 1.54) is 18.4 Å². The number of hydrogen-bond acceptors (Lipinski definition) is 5. The quantitative estimate of drug-likeness (QED) is 0.827. The maximum absolute atomic E-state index is 11.2. The molecule has 1 amide bonds. The Morgan fingerprint density at radius 3 is 2.75 bits per heavy atom. The molecule has 2 N–H and O–H groups in total. The van der Waals surface area contributed by atoms with Crippen molar-refractivity contribution in [3.8, 4) is 21.9 Å². The third kappa shape index (κ3) is 2.97. The second kappa shape index (κ2) is 6.21. The molecule has 0 spiro atoms. The highest BCUT2D eigenvalue weighted by Crippen LogP contribution is 2.37. The zero-order valence-corrected chi connectivity index (χ0v) is 11.6. The van der Waals surface area contributed by atoms with Crippen LogP contribution in [-0.4, -0.2) is 25.9 Å². The SMILES string of the molecule is COc1cc(OCC(N)=O)c(C=O)cc1-c1cccs1. The van der Waals surface area contributed by atoms with Crippen LogP contribution in [0.5, 0.6) is 11.5 Å². The first-order valence-corrected chi connectivity index (χ1v) is 6.66. The van der Waals surface area contributed by atoms with E-state index in [4.69, 9.17) is 15.2 Å². The Morgan fingerprint density at radius 1 is 1.40 bits per heavy atom. The van der Waals surface area contributed by atoms with E-state index in [-0.39, 0.29) is 12.4 Å². The fourth-order valence-corrected chi connectivity index (χ4v) is 2.48. The predicted molar refractivity (Wildman–Crippen MR) is 76.4 cm³/mol. The van der Waals surface area contributed by atoms with Crippen LogP contribution >= 0.6 is 11.3 Å². The Morgan fingerprint density at radius 2 is 2.20 bits per heavy atom. The summed E-state index contributed by atoms with van der Waals surface area (Å²) in [6.45, 7) is -0.289. The fraction of sp³-hybridized carbons (Fsp3) is 0.143. The molecule has 5 nitrogen and oxygen atoms in total. The first-order chi connectivity index (χ1) is 9.65. The molecule has 0 atom stereocenters. The van der Waals surface area contributed by atoms with Gasteiger partial charge in [0.1, 0.15) is 11.5 Å². The summed E-state index contributed by atoms with van der Waals surface area (Å²) < 4.78 is 10.5. The highest BCUT2D eigenvalue weighted by Gasteiger charge is 2.14. The summed E-state index contributed by atoms with van der Waals surface area (Å²) >= 11 is 1.54. The number of amides is 1. The number of primary amides is 1. The number of aldehydes is 1. The Balaban J connectivity index is 2.45. The van der Waals surface area contributed by atoms with Gasteiger partial charge in [-0.1, -0.05) is 6.07 Å². The first-order valence-electron chi connectivity index (χ1n) is 5.78. The van der Waals surface area contributed by atoms with Gasteiger partial charge in [0.05, 0.1) is 12.7 Å². The Kier molecular flexibility index (Phi) is 4.37. The van der Waals surface area contributed by atoms with Crippen LogP contribution in [0, 0.1) is 0 Å². The minimum atomic E-state index is -0.608. The molecular formula is C14H13NO4S. The van der Waals surface area contributed by atoms with Crippen molar-refractivity contribution < 1.29 is 19.1 Å². The molecule has 0 fully saturated rings. The third-order valence-electron chi connectivity index (χ3n) is 2.62. The summed E-state index contributed by atoms with van der Waals surface area (Å²) in [7, 11) is 1.53. The summed E-state index contributed by atoms with van der Waals surface area (Å²) in [4.78, 5) is 22.9. The molecule has 6 heteroatoms. The van der Waals surface area contributed by atoms with Gasteiger partial charge in [0, 0.05) is 16.5 Å². The minimum absolute atomic E-state index is 0.274. The average Bonchev–Trinajstić information content (AvgIpc) is 2.98. The molecule has 0 saturated carbocycles. The Bertz CT molecular complexity index is 622. The van der Waals surface area contributed by atoms with Gasteiger partial charge in [-0.25, -0.2) is 0 Å². The number of rotatable bonds is 6. The lowest BCUT2D eigenvalue weighted by atomic mass is 10.1. The molecule has 20 heavy (non-hydrogen) atoms. The summed E-state index contributed by atoms with van der Waals surface area (Å²) in [5.74, 6) is 0.233. The zero-order chi connectivity index (χ0) is 14.5. The first kappa shape index (κ1) is 14.1. The number of thiophene rings is 1. The van der Waals surface area contributed by atoms with Crippen LogP contribution in [0.3, 0.4) is 0 Å². The van der Waals surface area contributed by atoms with Crippen molar-refractivity contribution in [3.05, 3.63) is 35.2 Å². The standard InChI is InChI=1S/C14H13NO4S/c1-18-12-6-11(19-8-14(15)17)9(7-16)5-10(12)13-3-2-4-20-13/h2-7H,8H2,1H3,(H2,15,17). The van der Waals surface area contributed by atoms with Gasteiger partial charge < -0.3 is 15.2 Å². The van der Waals surface area contributed by atoms with E-state index < -0.39 is 5.91 Å². The van der Waals surface area contributed by atoms with Crippen molar-refractivity contribution in [3.63, 3.8) is 0 Å². The smallest absolute Gasteiger partial charge is 0.255 e. The molecule has 2 rings (SSSR count). The average molecular weight is 291 g/mol. The maximum atomic E-state index is 11.2. The molecule has 0 saturated heterocycles. The van der Waals surface area contributed by atoms with Crippen molar-refractivity contribution in [2.75, 3.05) is 13.7 Å². The molecule has 0 bridgehead atoms. The van der Waals surface area contributed by atoms with Crippen LogP contribution in [0.2, 0.25) is 0 Å². The van der Waals surface area contributed by atoms with Crippen LogP contribution in [0.15, 0.2) is 29.6 Å². The van der Waals surface area contributed by atoms with Crippen LogP contribution in [-0.2, 0) is 4.79 Å². The molecule has 1 aromatic carbocycles. The van der Waals surface area contributed by atoms with E-state index in [2.05, 4.69) is 0 Å². The number of hydrogen-bond donors (Lipinski definition) is 1. The lowest BCUT2D eigenvalue weighted by Gasteiger charge is -2.12. The Hall–Kier alpha value is -2.34. The molecule has 1 aromatic heterocycles. The van der Waals surface area contributed by atoms with Crippen LogP contribution in [0.1, 0.15) is 10.4 Å². The van der Waals surface area contributed by atoms with E-state index in [1.807, 2.05) is 17.5 Å². The predicted octanol–water partition coefficient (Wildman–Crippen LogP) is 2.10. The van der Waals surface area contributed by atoms with E-state index in [9.17, 15) is 9.59 Å². The second-order valence-electron chi connectivity index (χ2n) is 3.94. The van der Waals surface area contributed by atoms with Crippen molar-refractivity contribution >= 4 is 23.5 Å². The van der Waals surface area contributed by atoms with Crippen molar-refractivity contribution in [2.45, 2.75) is 0 Å². The number of ether oxygens (including phenoxy) is 2.